The second-order valence-corrected chi connectivity index (χ2v) is 6.93. The van der Waals surface area contributed by atoms with E-state index in [2.05, 4.69) is 35.5 Å². The van der Waals surface area contributed by atoms with Crippen molar-refractivity contribution in [3.63, 3.8) is 0 Å². The summed E-state index contributed by atoms with van der Waals surface area (Å²) in [5, 5.41) is 2.38. The SMILES string of the molecule is O=c1cc(CCC2(c3ccccc3)CCC3(CC2)OCCO3)o[nH]1. The van der Waals surface area contributed by atoms with Crippen LogP contribution in [0.5, 0.6) is 0 Å². The predicted molar refractivity (Wildman–Crippen MR) is 88.9 cm³/mol. The molecule has 1 aromatic heterocycles. The highest BCUT2D eigenvalue weighted by Crippen LogP contribution is 2.48. The van der Waals surface area contributed by atoms with Crippen molar-refractivity contribution in [2.24, 2.45) is 0 Å². The van der Waals surface area contributed by atoms with Gasteiger partial charge in [0, 0.05) is 25.3 Å². The smallest absolute Gasteiger partial charge is 0.280 e. The Labute approximate surface area is 140 Å². The van der Waals surface area contributed by atoms with E-state index in [-0.39, 0.29) is 16.8 Å². The second kappa shape index (κ2) is 6.22. The van der Waals surface area contributed by atoms with Gasteiger partial charge in [-0.1, -0.05) is 30.3 Å². The molecule has 24 heavy (non-hydrogen) atoms. The zero-order valence-corrected chi connectivity index (χ0v) is 13.8. The molecule has 5 heteroatoms. The van der Waals surface area contributed by atoms with Crippen LogP contribution in [0.2, 0.25) is 0 Å². The largest absolute Gasteiger partial charge is 0.384 e. The highest BCUT2D eigenvalue weighted by Gasteiger charge is 2.46. The summed E-state index contributed by atoms with van der Waals surface area (Å²) in [5.74, 6) is 0.364. The van der Waals surface area contributed by atoms with Gasteiger partial charge in [-0.3, -0.25) is 4.79 Å². The summed E-state index contributed by atoms with van der Waals surface area (Å²) in [6.07, 6.45) is 5.57. The minimum Gasteiger partial charge on any atom is -0.384 e. The van der Waals surface area contributed by atoms with Crippen molar-refractivity contribution in [2.75, 3.05) is 13.2 Å². The van der Waals surface area contributed by atoms with E-state index in [1.54, 1.807) is 6.07 Å². The molecule has 0 radical (unpaired) electrons. The Bertz CT molecular complexity index is 717. The number of aryl methyl sites for hydroxylation is 1. The third-order valence-corrected chi connectivity index (χ3v) is 5.59. The summed E-state index contributed by atoms with van der Waals surface area (Å²) in [6.45, 7) is 1.40. The summed E-state index contributed by atoms with van der Waals surface area (Å²) in [4.78, 5) is 11.3. The summed E-state index contributed by atoms with van der Waals surface area (Å²) >= 11 is 0. The minimum absolute atomic E-state index is 0.0810. The Balaban J connectivity index is 1.55. The van der Waals surface area contributed by atoms with Crippen molar-refractivity contribution in [3.8, 4) is 0 Å². The highest BCUT2D eigenvalue weighted by molar-refractivity contribution is 5.27. The van der Waals surface area contributed by atoms with Crippen LogP contribution in [0.15, 0.2) is 45.7 Å². The molecule has 128 valence electrons. The van der Waals surface area contributed by atoms with Crippen LogP contribution in [0.3, 0.4) is 0 Å². The molecule has 1 N–H and O–H groups in total. The van der Waals surface area contributed by atoms with Crippen molar-refractivity contribution >= 4 is 0 Å². The molecule has 1 saturated carbocycles. The molecule has 4 rings (SSSR count). The van der Waals surface area contributed by atoms with Crippen molar-refractivity contribution in [3.05, 3.63) is 58.1 Å². The van der Waals surface area contributed by atoms with E-state index in [4.69, 9.17) is 14.0 Å². The van der Waals surface area contributed by atoms with Gasteiger partial charge in [0.25, 0.3) is 5.56 Å². The highest BCUT2D eigenvalue weighted by atomic mass is 16.7. The third kappa shape index (κ3) is 2.94. The first kappa shape index (κ1) is 15.7. The fourth-order valence-electron chi connectivity index (χ4n) is 4.18. The molecule has 2 fully saturated rings. The monoisotopic (exact) mass is 329 g/mol. The summed E-state index contributed by atoms with van der Waals surface area (Å²) < 4.78 is 17.0. The first-order chi connectivity index (χ1) is 11.7. The molecule has 5 nitrogen and oxygen atoms in total. The maximum absolute atomic E-state index is 11.3. The molecule has 1 aromatic carbocycles. The fraction of sp³-hybridized carbons (Fsp3) is 0.526. The number of hydrogen-bond donors (Lipinski definition) is 1. The summed E-state index contributed by atoms with van der Waals surface area (Å²) in [5.41, 5.74) is 1.27. The number of rotatable bonds is 4. The first-order valence-corrected chi connectivity index (χ1v) is 8.71. The van der Waals surface area contributed by atoms with Crippen molar-refractivity contribution in [1.82, 2.24) is 5.16 Å². The predicted octanol–water partition coefficient (Wildman–Crippen LogP) is 3.16. The molecule has 0 unspecified atom stereocenters. The van der Waals surface area contributed by atoms with Gasteiger partial charge >= 0.3 is 0 Å². The van der Waals surface area contributed by atoms with Crippen molar-refractivity contribution < 1.29 is 14.0 Å². The van der Waals surface area contributed by atoms with Crippen LogP contribution in [-0.4, -0.2) is 24.2 Å². The number of H-pyrrole nitrogens is 1. The molecule has 0 atom stereocenters. The average Bonchev–Trinajstić information content (AvgIpc) is 3.25. The van der Waals surface area contributed by atoms with Crippen LogP contribution in [-0.2, 0) is 21.3 Å². The van der Waals surface area contributed by atoms with E-state index in [1.807, 2.05) is 0 Å². The molecule has 1 saturated heterocycles. The van der Waals surface area contributed by atoms with Gasteiger partial charge in [0.1, 0.15) is 5.76 Å². The van der Waals surface area contributed by atoms with Crippen LogP contribution in [0, 0.1) is 0 Å². The Hall–Kier alpha value is -1.85. The van der Waals surface area contributed by atoms with Gasteiger partial charge in [0.15, 0.2) is 5.79 Å². The van der Waals surface area contributed by atoms with E-state index >= 15 is 0 Å². The van der Waals surface area contributed by atoms with Crippen molar-refractivity contribution in [1.29, 1.82) is 0 Å². The lowest BCUT2D eigenvalue weighted by Crippen LogP contribution is -2.42. The van der Waals surface area contributed by atoms with Gasteiger partial charge in [-0.25, -0.2) is 0 Å². The Kier molecular flexibility index (Phi) is 4.06. The number of ether oxygens (including phenoxy) is 2. The van der Waals surface area contributed by atoms with Crippen LogP contribution >= 0.6 is 0 Å². The van der Waals surface area contributed by atoms with E-state index in [0.29, 0.717) is 13.2 Å². The summed E-state index contributed by atoms with van der Waals surface area (Å²) in [7, 11) is 0. The minimum atomic E-state index is -0.362. The number of nitrogens with one attached hydrogen (secondary N) is 1. The van der Waals surface area contributed by atoms with Gasteiger partial charge in [-0.05, 0) is 30.2 Å². The van der Waals surface area contributed by atoms with Gasteiger partial charge < -0.3 is 14.0 Å². The standard InChI is InChI=1S/C19H23NO4/c21-17-14-16(24-20-17)6-7-18(15-4-2-1-3-5-15)8-10-19(11-9-18)22-12-13-23-19/h1-5,14H,6-13H2,(H,20,21). The van der Waals surface area contributed by atoms with Crippen LogP contribution < -0.4 is 5.56 Å². The van der Waals surface area contributed by atoms with E-state index in [1.165, 1.54) is 5.56 Å². The molecular formula is C19H23NO4. The Morgan fingerprint density at radius 2 is 1.71 bits per heavy atom. The number of hydrogen-bond acceptors (Lipinski definition) is 4. The quantitative estimate of drug-likeness (QED) is 0.936. The summed E-state index contributed by atoms with van der Waals surface area (Å²) in [6, 6.07) is 12.2. The Morgan fingerprint density at radius 3 is 2.33 bits per heavy atom. The van der Waals surface area contributed by atoms with E-state index in [9.17, 15) is 4.79 Å². The van der Waals surface area contributed by atoms with Crippen LogP contribution in [0.1, 0.15) is 43.4 Å². The molecule has 0 bridgehead atoms. The second-order valence-electron chi connectivity index (χ2n) is 6.93. The number of aromatic nitrogens is 1. The molecule has 1 aliphatic carbocycles. The molecule has 2 aliphatic rings. The van der Waals surface area contributed by atoms with Gasteiger partial charge in [0.2, 0.25) is 0 Å². The molecule has 2 heterocycles. The van der Waals surface area contributed by atoms with Crippen molar-refractivity contribution in [2.45, 2.75) is 49.7 Å². The lowest BCUT2D eigenvalue weighted by Gasteiger charge is -2.44. The molecular weight excluding hydrogens is 306 g/mol. The number of aromatic amines is 1. The van der Waals surface area contributed by atoms with E-state index in [0.717, 1.165) is 44.3 Å². The van der Waals surface area contributed by atoms with Crippen LogP contribution in [0.4, 0.5) is 0 Å². The molecule has 1 spiro atoms. The maximum atomic E-state index is 11.3. The van der Waals surface area contributed by atoms with Gasteiger partial charge in [-0.15, -0.1) is 0 Å². The third-order valence-electron chi connectivity index (χ3n) is 5.59. The zero-order chi connectivity index (χ0) is 16.5. The zero-order valence-electron chi connectivity index (χ0n) is 13.8. The lowest BCUT2D eigenvalue weighted by molar-refractivity contribution is -0.185. The normalized spacial score (nSPS) is 22.0. The number of benzene rings is 1. The topological polar surface area (TPSA) is 64.5 Å². The van der Waals surface area contributed by atoms with Gasteiger partial charge in [0.05, 0.1) is 13.2 Å². The van der Waals surface area contributed by atoms with Gasteiger partial charge in [-0.2, -0.15) is 5.16 Å². The van der Waals surface area contributed by atoms with E-state index < -0.39 is 0 Å². The molecule has 2 aromatic rings. The first-order valence-electron chi connectivity index (χ1n) is 8.71. The fourth-order valence-corrected chi connectivity index (χ4v) is 4.18. The maximum Gasteiger partial charge on any atom is 0.280 e. The molecule has 1 aliphatic heterocycles. The lowest BCUT2D eigenvalue weighted by atomic mass is 9.65. The Morgan fingerprint density at radius 1 is 1.00 bits per heavy atom. The average molecular weight is 329 g/mol. The molecule has 0 amide bonds. The van der Waals surface area contributed by atoms with Crippen LogP contribution in [0.25, 0.3) is 0 Å².